The molecule has 0 rings (SSSR count). The van der Waals surface area contributed by atoms with Crippen molar-refractivity contribution >= 4 is 5.97 Å². The van der Waals surface area contributed by atoms with Gasteiger partial charge < -0.3 is 9.84 Å². The van der Waals surface area contributed by atoms with Gasteiger partial charge in [-0.25, -0.2) is 9.18 Å². The average Bonchev–Trinajstić information content (AvgIpc) is 2.13. The largest absolute Gasteiger partial charge is 0.477 e. The van der Waals surface area contributed by atoms with E-state index >= 15 is 0 Å². The Morgan fingerprint density at radius 3 is 1.88 bits per heavy atom. The first-order valence-corrected chi connectivity index (χ1v) is 3.30. The Morgan fingerprint density at radius 1 is 1.12 bits per heavy atom. The first kappa shape index (κ1) is 14.5. The molecule has 0 atom stereocenters. The van der Waals surface area contributed by atoms with Gasteiger partial charge in [0, 0.05) is 0 Å². The van der Waals surface area contributed by atoms with Crippen LogP contribution in [0.25, 0.3) is 0 Å². The lowest BCUT2D eigenvalue weighted by Crippen LogP contribution is -2.58. The molecule has 0 fully saturated rings. The van der Waals surface area contributed by atoms with Crippen LogP contribution in [0.1, 0.15) is 0 Å². The maximum atomic E-state index is 12.4. The van der Waals surface area contributed by atoms with Gasteiger partial charge in [-0.3, -0.25) is 0 Å². The van der Waals surface area contributed by atoms with Gasteiger partial charge in [-0.1, -0.05) is 0 Å². The molecule has 0 bridgehead atoms. The van der Waals surface area contributed by atoms with E-state index in [-0.39, 0.29) is 0 Å². The molecule has 0 amide bonds. The Labute approximate surface area is 83.1 Å². The number of carboxylic acids is 1. The molecule has 0 aliphatic rings. The fraction of sp³-hybridized carbons (Fsp3) is 0.500. The molecule has 10 heteroatoms. The SMILES string of the molecule is O=C(O)C(F)(F)C(F)(F)C(F)(F)OC=CF. The van der Waals surface area contributed by atoms with E-state index < -0.39 is 36.5 Å². The van der Waals surface area contributed by atoms with Crippen LogP contribution in [0, 0.1) is 0 Å². The number of carbonyl (C=O) groups is 1. The lowest BCUT2D eigenvalue weighted by molar-refractivity contribution is -0.377. The highest BCUT2D eigenvalue weighted by Crippen LogP contribution is 2.46. The van der Waals surface area contributed by atoms with Crippen LogP contribution in [0.5, 0.6) is 0 Å². The maximum Gasteiger partial charge on any atom is 0.471 e. The molecule has 3 nitrogen and oxygen atoms in total. The molecule has 16 heavy (non-hydrogen) atoms. The Morgan fingerprint density at radius 2 is 1.56 bits per heavy atom. The Balaban J connectivity index is 5.25. The lowest BCUT2D eigenvalue weighted by Gasteiger charge is -2.28. The number of halogens is 7. The smallest absolute Gasteiger partial charge is 0.471 e. The molecule has 0 aliphatic heterocycles. The number of hydrogen-bond donors (Lipinski definition) is 1. The van der Waals surface area contributed by atoms with E-state index in [1.807, 2.05) is 0 Å². The molecular weight excluding hydrogens is 253 g/mol. The van der Waals surface area contributed by atoms with E-state index in [2.05, 4.69) is 4.74 Å². The Kier molecular flexibility index (Phi) is 3.79. The fourth-order valence-corrected chi connectivity index (χ4v) is 0.502. The van der Waals surface area contributed by atoms with Gasteiger partial charge in [-0.05, 0) is 0 Å². The van der Waals surface area contributed by atoms with Gasteiger partial charge in [0.2, 0.25) is 0 Å². The lowest BCUT2D eigenvalue weighted by atomic mass is 10.1. The predicted molar refractivity (Wildman–Crippen MR) is 33.8 cm³/mol. The number of hydrogen-bond acceptors (Lipinski definition) is 2. The van der Waals surface area contributed by atoms with Gasteiger partial charge in [0.1, 0.15) is 12.6 Å². The number of aliphatic carboxylic acids is 1. The second-order valence-corrected chi connectivity index (χ2v) is 2.35. The molecule has 0 aliphatic carbocycles. The predicted octanol–water partition coefficient (Wildman–Crippen LogP) is 2.39. The molecule has 94 valence electrons. The highest BCUT2D eigenvalue weighted by atomic mass is 19.3. The summed E-state index contributed by atoms with van der Waals surface area (Å²) < 4.78 is 87.7. The van der Waals surface area contributed by atoms with Crippen molar-refractivity contribution in [1.29, 1.82) is 0 Å². The topological polar surface area (TPSA) is 46.5 Å². The number of ether oxygens (including phenoxy) is 1. The summed E-state index contributed by atoms with van der Waals surface area (Å²) in [7, 11) is 0. The molecule has 0 radical (unpaired) electrons. The van der Waals surface area contributed by atoms with Gasteiger partial charge in [0.25, 0.3) is 0 Å². The highest BCUT2D eigenvalue weighted by Gasteiger charge is 2.77. The summed E-state index contributed by atoms with van der Waals surface area (Å²) in [6.07, 6.45) is -7.26. The van der Waals surface area contributed by atoms with Gasteiger partial charge in [0.05, 0.1) is 0 Å². The zero-order valence-corrected chi connectivity index (χ0v) is 7.06. The first-order chi connectivity index (χ1) is 7.00. The molecule has 1 N–H and O–H groups in total. The van der Waals surface area contributed by atoms with Crippen molar-refractivity contribution in [2.45, 2.75) is 18.0 Å². The second-order valence-electron chi connectivity index (χ2n) is 2.35. The van der Waals surface area contributed by atoms with Crippen molar-refractivity contribution in [3.63, 3.8) is 0 Å². The van der Waals surface area contributed by atoms with Crippen LogP contribution in [-0.4, -0.2) is 29.0 Å². The number of rotatable bonds is 5. The Bertz CT molecular complexity index is 298. The van der Waals surface area contributed by atoms with Gasteiger partial charge >= 0.3 is 23.9 Å². The van der Waals surface area contributed by atoms with Gasteiger partial charge in [-0.2, -0.15) is 26.3 Å². The minimum Gasteiger partial charge on any atom is -0.477 e. The van der Waals surface area contributed by atoms with Crippen molar-refractivity contribution in [2.75, 3.05) is 0 Å². The first-order valence-electron chi connectivity index (χ1n) is 3.30. The van der Waals surface area contributed by atoms with Crippen molar-refractivity contribution in [3.05, 3.63) is 12.6 Å². The summed E-state index contributed by atoms with van der Waals surface area (Å²) >= 11 is 0. The third kappa shape index (κ3) is 2.19. The van der Waals surface area contributed by atoms with Crippen LogP contribution in [-0.2, 0) is 9.53 Å². The summed E-state index contributed by atoms with van der Waals surface area (Å²) in [4.78, 5) is 9.68. The zero-order chi connectivity index (χ0) is 13.2. The number of alkyl halides is 6. The van der Waals surface area contributed by atoms with E-state index in [0.717, 1.165) is 0 Å². The molecule has 0 aromatic heterocycles. The molecule has 0 spiro atoms. The fourth-order valence-electron chi connectivity index (χ4n) is 0.502. The third-order valence-corrected chi connectivity index (χ3v) is 1.30. The van der Waals surface area contributed by atoms with Crippen LogP contribution < -0.4 is 0 Å². The van der Waals surface area contributed by atoms with Crippen LogP contribution >= 0.6 is 0 Å². The summed E-state index contributed by atoms with van der Waals surface area (Å²) in [5.74, 6) is -15.9. The van der Waals surface area contributed by atoms with Crippen molar-refractivity contribution < 1.29 is 45.4 Å². The summed E-state index contributed by atoms with van der Waals surface area (Å²) in [5, 5.41) is 7.65. The van der Waals surface area contributed by atoms with Crippen molar-refractivity contribution in [2.24, 2.45) is 0 Å². The average molecular weight is 256 g/mol. The molecule has 0 saturated heterocycles. The van der Waals surface area contributed by atoms with Crippen LogP contribution in [0.15, 0.2) is 12.6 Å². The molecule has 0 unspecified atom stereocenters. The summed E-state index contributed by atoms with van der Waals surface area (Å²) in [5.41, 5.74) is 0. The van der Waals surface area contributed by atoms with Crippen LogP contribution in [0.4, 0.5) is 30.7 Å². The maximum absolute atomic E-state index is 12.4. The van der Waals surface area contributed by atoms with E-state index in [0.29, 0.717) is 0 Å². The van der Waals surface area contributed by atoms with E-state index in [4.69, 9.17) is 5.11 Å². The molecular formula is C6H3F7O3. The number of carboxylic acid groups (broad SMARTS) is 1. The van der Waals surface area contributed by atoms with E-state index in [1.165, 1.54) is 0 Å². The minimum absolute atomic E-state index is 0.619. The summed E-state index contributed by atoms with van der Waals surface area (Å²) in [6.45, 7) is 0. The second kappa shape index (κ2) is 4.18. The monoisotopic (exact) mass is 256 g/mol. The summed E-state index contributed by atoms with van der Waals surface area (Å²) in [6, 6.07) is 0. The molecule has 0 saturated carbocycles. The van der Waals surface area contributed by atoms with Crippen molar-refractivity contribution in [1.82, 2.24) is 0 Å². The quantitative estimate of drug-likeness (QED) is 0.606. The van der Waals surface area contributed by atoms with E-state index in [9.17, 15) is 35.5 Å². The zero-order valence-electron chi connectivity index (χ0n) is 7.06. The normalized spacial score (nSPS) is 14.2. The molecule has 0 aromatic rings. The highest BCUT2D eigenvalue weighted by molar-refractivity contribution is 5.76. The van der Waals surface area contributed by atoms with Gasteiger partial charge in [0.15, 0.2) is 0 Å². The third-order valence-electron chi connectivity index (χ3n) is 1.30. The van der Waals surface area contributed by atoms with Crippen molar-refractivity contribution in [3.8, 4) is 0 Å². The van der Waals surface area contributed by atoms with Crippen LogP contribution in [0.2, 0.25) is 0 Å². The molecule has 0 aromatic carbocycles. The Hall–Kier alpha value is -1.48. The van der Waals surface area contributed by atoms with Gasteiger partial charge in [-0.15, -0.1) is 0 Å². The standard InChI is InChI=1S/C6H3F7O3/c7-1-2-16-6(12,13)5(10,11)4(8,9)3(14)15/h1-2H,(H,14,15). The van der Waals surface area contributed by atoms with E-state index in [1.54, 1.807) is 0 Å². The molecule has 0 heterocycles. The minimum atomic E-state index is -6.34. The van der Waals surface area contributed by atoms with Crippen LogP contribution in [0.3, 0.4) is 0 Å².